The zero-order valence-corrected chi connectivity index (χ0v) is 21.7. The van der Waals surface area contributed by atoms with Gasteiger partial charge in [0.25, 0.3) is 0 Å². The van der Waals surface area contributed by atoms with Gasteiger partial charge in [0.05, 0.1) is 0 Å². The van der Waals surface area contributed by atoms with Crippen molar-refractivity contribution in [3.05, 3.63) is 129 Å². The highest BCUT2D eigenvalue weighted by Crippen LogP contribution is 2.45. The van der Waals surface area contributed by atoms with Crippen LogP contribution in [0.1, 0.15) is 63.3 Å². The first-order chi connectivity index (χ1) is 18.0. The number of hydrogen-bond acceptors (Lipinski definition) is 3. The SMILES string of the molecule is Cc1cc(Cc2ccccc2)cc(C(c2cc(Cc3ccccc3)cc(C)c2O)C2C=NCCC2)c1O. The Morgan fingerprint density at radius 1 is 0.703 bits per heavy atom. The van der Waals surface area contributed by atoms with Crippen LogP contribution in [0.2, 0.25) is 0 Å². The Labute approximate surface area is 220 Å². The van der Waals surface area contributed by atoms with Gasteiger partial charge in [-0.25, -0.2) is 0 Å². The van der Waals surface area contributed by atoms with Crippen LogP contribution >= 0.6 is 0 Å². The first kappa shape index (κ1) is 24.8. The molecular formula is C34H35NO2. The summed E-state index contributed by atoms with van der Waals surface area (Å²) >= 11 is 0. The predicted molar refractivity (Wildman–Crippen MR) is 152 cm³/mol. The van der Waals surface area contributed by atoms with Gasteiger partial charge in [-0.05, 0) is 72.9 Å². The number of phenolic OH excluding ortho intramolecular Hbond substituents is 2. The zero-order chi connectivity index (χ0) is 25.8. The second-order valence-corrected chi connectivity index (χ2v) is 10.4. The monoisotopic (exact) mass is 489 g/mol. The van der Waals surface area contributed by atoms with Crippen LogP contribution in [-0.4, -0.2) is 23.0 Å². The number of rotatable bonds is 7. The highest BCUT2D eigenvalue weighted by atomic mass is 16.3. The number of aliphatic imine (C=N–C) groups is 1. The lowest BCUT2D eigenvalue weighted by molar-refractivity contribution is 0.430. The molecule has 0 spiro atoms. The summed E-state index contributed by atoms with van der Waals surface area (Å²) in [5, 5.41) is 22.8. The molecule has 5 rings (SSSR count). The smallest absolute Gasteiger partial charge is 0.122 e. The summed E-state index contributed by atoms with van der Waals surface area (Å²) in [7, 11) is 0. The molecular weight excluding hydrogens is 454 g/mol. The van der Waals surface area contributed by atoms with Crippen LogP contribution in [0.3, 0.4) is 0 Å². The van der Waals surface area contributed by atoms with E-state index in [9.17, 15) is 10.2 Å². The maximum Gasteiger partial charge on any atom is 0.122 e. The predicted octanol–water partition coefficient (Wildman–Crippen LogP) is 7.51. The van der Waals surface area contributed by atoms with E-state index in [-0.39, 0.29) is 11.8 Å². The molecule has 1 aliphatic heterocycles. The van der Waals surface area contributed by atoms with Gasteiger partial charge >= 0.3 is 0 Å². The number of aryl methyl sites for hydroxylation is 2. The molecule has 0 aromatic heterocycles. The van der Waals surface area contributed by atoms with Crippen molar-refractivity contribution in [1.29, 1.82) is 0 Å². The molecule has 1 heterocycles. The van der Waals surface area contributed by atoms with Crippen molar-refractivity contribution in [3.63, 3.8) is 0 Å². The number of benzene rings is 4. The van der Waals surface area contributed by atoms with Crippen LogP contribution in [0.25, 0.3) is 0 Å². The number of hydrogen-bond donors (Lipinski definition) is 2. The lowest BCUT2D eigenvalue weighted by Crippen LogP contribution is -2.20. The molecule has 3 nitrogen and oxygen atoms in total. The minimum absolute atomic E-state index is 0.100. The maximum absolute atomic E-state index is 11.4. The maximum atomic E-state index is 11.4. The molecule has 3 heteroatoms. The molecule has 0 aliphatic carbocycles. The van der Waals surface area contributed by atoms with Crippen LogP contribution in [0.4, 0.5) is 0 Å². The van der Waals surface area contributed by atoms with Crippen LogP contribution in [0.15, 0.2) is 89.9 Å². The molecule has 0 fully saturated rings. The second kappa shape index (κ2) is 11.0. The summed E-state index contributed by atoms with van der Waals surface area (Å²) in [5.74, 6) is 0.536. The third-order valence-corrected chi connectivity index (χ3v) is 7.50. The van der Waals surface area contributed by atoms with Crippen molar-refractivity contribution < 1.29 is 10.2 Å². The fourth-order valence-electron chi connectivity index (χ4n) is 5.69. The Morgan fingerprint density at radius 3 is 1.62 bits per heavy atom. The normalized spacial score (nSPS) is 15.3. The second-order valence-electron chi connectivity index (χ2n) is 10.4. The average Bonchev–Trinajstić information content (AvgIpc) is 2.91. The van der Waals surface area contributed by atoms with E-state index in [1.54, 1.807) is 0 Å². The van der Waals surface area contributed by atoms with Gasteiger partial charge in [0, 0.05) is 35.7 Å². The number of phenols is 2. The van der Waals surface area contributed by atoms with Crippen molar-refractivity contribution in [2.75, 3.05) is 6.54 Å². The topological polar surface area (TPSA) is 52.8 Å². The molecule has 0 radical (unpaired) electrons. The van der Waals surface area contributed by atoms with Crippen molar-refractivity contribution in [3.8, 4) is 11.5 Å². The molecule has 0 saturated heterocycles. The Morgan fingerprint density at radius 2 is 1.19 bits per heavy atom. The van der Waals surface area contributed by atoms with E-state index < -0.39 is 0 Å². The zero-order valence-electron chi connectivity index (χ0n) is 21.7. The van der Waals surface area contributed by atoms with Crippen LogP contribution in [0.5, 0.6) is 11.5 Å². The average molecular weight is 490 g/mol. The molecule has 0 amide bonds. The van der Waals surface area contributed by atoms with E-state index in [0.717, 1.165) is 65.6 Å². The molecule has 0 bridgehead atoms. The first-order valence-electron chi connectivity index (χ1n) is 13.2. The van der Waals surface area contributed by atoms with Gasteiger partial charge in [-0.3, -0.25) is 4.99 Å². The Bertz CT molecular complexity index is 1300. The Balaban J connectivity index is 1.63. The quantitative estimate of drug-likeness (QED) is 0.282. The molecule has 1 unspecified atom stereocenters. The fourth-order valence-corrected chi connectivity index (χ4v) is 5.69. The van der Waals surface area contributed by atoms with Gasteiger partial charge < -0.3 is 10.2 Å². The van der Waals surface area contributed by atoms with Gasteiger partial charge in [-0.1, -0.05) is 84.9 Å². The van der Waals surface area contributed by atoms with Crippen LogP contribution in [-0.2, 0) is 12.8 Å². The molecule has 4 aromatic carbocycles. The van der Waals surface area contributed by atoms with Gasteiger partial charge in [-0.15, -0.1) is 0 Å². The van der Waals surface area contributed by atoms with E-state index in [2.05, 4.69) is 77.8 Å². The van der Waals surface area contributed by atoms with Crippen molar-refractivity contribution in [1.82, 2.24) is 0 Å². The number of nitrogens with zero attached hydrogens (tertiary/aromatic N) is 1. The standard InChI is InChI=1S/C34H35NO2/c1-23-16-27(18-25-10-5-3-6-11-25)20-30(33(23)36)32(29-14-9-15-35-22-29)31-21-28(17-24(2)34(31)37)19-26-12-7-4-8-13-26/h3-8,10-13,16-17,20-22,29,32,36-37H,9,14-15,18-19H2,1-2H3. The Hall–Kier alpha value is -3.85. The van der Waals surface area contributed by atoms with E-state index in [4.69, 9.17) is 0 Å². The van der Waals surface area contributed by atoms with Gasteiger partial charge in [0.2, 0.25) is 0 Å². The first-order valence-corrected chi connectivity index (χ1v) is 13.2. The van der Waals surface area contributed by atoms with E-state index in [1.807, 2.05) is 32.2 Å². The molecule has 0 saturated carbocycles. The van der Waals surface area contributed by atoms with Crippen molar-refractivity contribution in [2.45, 2.75) is 45.4 Å². The Kier molecular flexibility index (Phi) is 7.41. The lowest BCUT2D eigenvalue weighted by atomic mass is 9.75. The minimum Gasteiger partial charge on any atom is -0.507 e. The lowest BCUT2D eigenvalue weighted by Gasteiger charge is -2.30. The highest BCUT2D eigenvalue weighted by molar-refractivity contribution is 5.67. The highest BCUT2D eigenvalue weighted by Gasteiger charge is 2.31. The molecule has 188 valence electrons. The number of aromatic hydroxyl groups is 2. The molecule has 1 atom stereocenters. The molecule has 1 aliphatic rings. The summed E-state index contributed by atoms with van der Waals surface area (Å²) in [6, 6.07) is 29.3. The van der Waals surface area contributed by atoms with Crippen LogP contribution in [0, 0.1) is 19.8 Å². The summed E-state index contributed by atoms with van der Waals surface area (Å²) in [6.45, 7) is 4.77. The van der Waals surface area contributed by atoms with Crippen LogP contribution < -0.4 is 0 Å². The fraction of sp³-hybridized carbons (Fsp3) is 0.265. The summed E-state index contributed by atoms with van der Waals surface area (Å²) < 4.78 is 0. The summed E-state index contributed by atoms with van der Waals surface area (Å²) in [6.07, 6.45) is 5.60. The summed E-state index contributed by atoms with van der Waals surface area (Å²) in [5.41, 5.74) is 8.25. The summed E-state index contributed by atoms with van der Waals surface area (Å²) in [4.78, 5) is 4.63. The van der Waals surface area contributed by atoms with E-state index >= 15 is 0 Å². The largest absolute Gasteiger partial charge is 0.507 e. The molecule has 37 heavy (non-hydrogen) atoms. The molecule has 4 aromatic rings. The van der Waals surface area contributed by atoms with Gasteiger partial charge in [0.1, 0.15) is 11.5 Å². The third-order valence-electron chi connectivity index (χ3n) is 7.50. The van der Waals surface area contributed by atoms with E-state index in [1.165, 1.54) is 11.1 Å². The van der Waals surface area contributed by atoms with Crippen molar-refractivity contribution in [2.24, 2.45) is 10.9 Å². The van der Waals surface area contributed by atoms with Gasteiger partial charge in [0.15, 0.2) is 0 Å². The molecule has 2 N–H and O–H groups in total. The van der Waals surface area contributed by atoms with Crippen molar-refractivity contribution >= 4 is 6.21 Å². The minimum atomic E-state index is -0.187. The van der Waals surface area contributed by atoms with Gasteiger partial charge in [-0.2, -0.15) is 0 Å². The third kappa shape index (κ3) is 5.61. The van der Waals surface area contributed by atoms with E-state index in [0.29, 0.717) is 11.5 Å².